The van der Waals surface area contributed by atoms with Crippen LogP contribution >= 0.6 is 0 Å². The van der Waals surface area contributed by atoms with Crippen LogP contribution in [-0.2, 0) is 9.47 Å². The largest absolute Gasteiger partial charge is 0.396 e. The second kappa shape index (κ2) is 8.51. The molecule has 0 spiro atoms. The monoisotopic (exact) mass is 416 g/mol. The van der Waals surface area contributed by atoms with Crippen molar-refractivity contribution < 1.29 is 40.1 Å². The molecule has 3 aliphatic rings. The molecule has 1 heterocycles. The van der Waals surface area contributed by atoms with E-state index in [2.05, 4.69) is 13.0 Å². The highest BCUT2D eigenvalue weighted by Gasteiger charge is 2.56. The lowest BCUT2D eigenvalue weighted by Crippen LogP contribution is -2.62. The molecular formula is C21H36O8. The van der Waals surface area contributed by atoms with Crippen LogP contribution in [0.25, 0.3) is 0 Å². The van der Waals surface area contributed by atoms with E-state index in [1.54, 1.807) is 0 Å². The summed E-state index contributed by atoms with van der Waals surface area (Å²) in [6, 6.07) is 0. The number of fused-ring (bicyclic) bond motifs is 1. The highest BCUT2D eigenvalue weighted by atomic mass is 16.7. The fourth-order valence-electron chi connectivity index (χ4n) is 5.34. The van der Waals surface area contributed by atoms with Crippen molar-refractivity contribution in [3.63, 3.8) is 0 Å². The molecule has 168 valence electrons. The third-order valence-corrected chi connectivity index (χ3v) is 7.49. The molecule has 0 radical (unpaired) electrons. The average molecular weight is 417 g/mol. The van der Waals surface area contributed by atoms with Crippen LogP contribution < -0.4 is 0 Å². The van der Waals surface area contributed by atoms with Gasteiger partial charge in [0.05, 0.1) is 18.3 Å². The molecule has 29 heavy (non-hydrogen) atoms. The first kappa shape index (κ1) is 23.1. The Morgan fingerprint density at radius 2 is 1.86 bits per heavy atom. The normalized spacial score (nSPS) is 49.3. The zero-order chi connectivity index (χ0) is 21.6. The van der Waals surface area contributed by atoms with E-state index < -0.39 is 48.3 Å². The molecule has 0 bridgehead atoms. The van der Waals surface area contributed by atoms with Gasteiger partial charge in [-0.25, -0.2) is 0 Å². The van der Waals surface area contributed by atoms with Crippen molar-refractivity contribution in [2.24, 2.45) is 17.3 Å². The van der Waals surface area contributed by atoms with Crippen molar-refractivity contribution in [2.45, 2.75) is 88.9 Å². The van der Waals surface area contributed by atoms with Crippen LogP contribution in [0, 0.1) is 17.3 Å². The molecule has 1 aliphatic heterocycles. The van der Waals surface area contributed by atoms with E-state index >= 15 is 0 Å². The van der Waals surface area contributed by atoms with Gasteiger partial charge in [-0.15, -0.1) is 0 Å². The first-order chi connectivity index (χ1) is 13.5. The maximum absolute atomic E-state index is 11.1. The van der Waals surface area contributed by atoms with Gasteiger partial charge < -0.3 is 40.1 Å². The van der Waals surface area contributed by atoms with Gasteiger partial charge in [0.15, 0.2) is 6.29 Å². The van der Waals surface area contributed by atoms with Crippen molar-refractivity contribution in [1.82, 2.24) is 0 Å². The fraction of sp³-hybridized carbons (Fsp3) is 0.905. The molecule has 1 unspecified atom stereocenters. The van der Waals surface area contributed by atoms with E-state index in [-0.39, 0.29) is 24.5 Å². The minimum Gasteiger partial charge on any atom is -0.396 e. The van der Waals surface area contributed by atoms with Crippen molar-refractivity contribution >= 4 is 0 Å². The van der Waals surface area contributed by atoms with E-state index in [0.717, 1.165) is 5.57 Å². The number of aliphatic hydroxyl groups is 6. The summed E-state index contributed by atoms with van der Waals surface area (Å²) in [6.45, 7) is 5.41. The molecule has 0 amide bonds. The SMILES string of the molecule is CC(CO)C1=CC[C@]2(C)[C@@H](C1)[C@@](C)(O)CC[C@H]2O[C@@H]1O[C@H](CO)[C@@H](O)[C@H](O)[C@H]1O. The summed E-state index contributed by atoms with van der Waals surface area (Å²) in [6.07, 6.45) is -2.43. The Morgan fingerprint density at radius 1 is 1.17 bits per heavy atom. The van der Waals surface area contributed by atoms with Crippen LogP contribution in [0.15, 0.2) is 11.6 Å². The molecule has 2 fully saturated rings. The Balaban J connectivity index is 1.82. The predicted molar refractivity (Wildman–Crippen MR) is 104 cm³/mol. The van der Waals surface area contributed by atoms with Gasteiger partial charge in [0.1, 0.15) is 24.4 Å². The molecule has 2 aliphatic carbocycles. The first-order valence-corrected chi connectivity index (χ1v) is 10.5. The van der Waals surface area contributed by atoms with Gasteiger partial charge in [0.2, 0.25) is 0 Å². The van der Waals surface area contributed by atoms with Crippen LogP contribution in [-0.4, -0.2) is 86.3 Å². The van der Waals surface area contributed by atoms with Crippen molar-refractivity contribution in [2.75, 3.05) is 13.2 Å². The van der Waals surface area contributed by atoms with Crippen molar-refractivity contribution in [3.05, 3.63) is 11.6 Å². The van der Waals surface area contributed by atoms with Crippen molar-refractivity contribution in [3.8, 4) is 0 Å². The zero-order valence-corrected chi connectivity index (χ0v) is 17.4. The Bertz CT molecular complexity index is 605. The predicted octanol–water partition coefficient (Wildman–Crippen LogP) is -0.313. The lowest BCUT2D eigenvalue weighted by Gasteiger charge is -2.56. The van der Waals surface area contributed by atoms with Gasteiger partial charge in [-0.3, -0.25) is 0 Å². The molecular weight excluding hydrogens is 380 g/mol. The Labute approximate surface area is 171 Å². The standard InChI is InChI=1S/C21H36O8/c1-11(9-22)12-4-6-20(2)14(8-12)21(3,27)7-5-15(20)29-19-18(26)17(25)16(24)13(10-23)28-19/h4,11,13-19,22-27H,5-10H2,1-3H3/t11?,13-,14-,15-,16-,17+,18-,19+,20-,21+/m1/s1. The molecule has 8 heteroatoms. The van der Waals surface area contributed by atoms with E-state index in [4.69, 9.17) is 9.47 Å². The van der Waals surface area contributed by atoms with Gasteiger partial charge >= 0.3 is 0 Å². The molecule has 3 rings (SSSR count). The lowest BCUT2D eigenvalue weighted by atomic mass is 9.54. The number of rotatable bonds is 5. The maximum atomic E-state index is 11.1. The molecule has 0 aromatic rings. The van der Waals surface area contributed by atoms with Gasteiger partial charge in [-0.2, -0.15) is 0 Å². The molecule has 6 N–H and O–H groups in total. The highest BCUT2D eigenvalue weighted by Crippen LogP contribution is 2.55. The quantitative estimate of drug-likeness (QED) is 0.335. The topological polar surface area (TPSA) is 140 Å². The van der Waals surface area contributed by atoms with Crippen LogP contribution in [0.3, 0.4) is 0 Å². The van der Waals surface area contributed by atoms with Crippen LogP contribution in [0.1, 0.15) is 46.5 Å². The van der Waals surface area contributed by atoms with Gasteiger partial charge in [-0.1, -0.05) is 25.5 Å². The number of allylic oxidation sites excluding steroid dienone is 1. The summed E-state index contributed by atoms with van der Waals surface area (Å²) >= 11 is 0. The first-order valence-electron chi connectivity index (χ1n) is 10.5. The highest BCUT2D eigenvalue weighted by molar-refractivity contribution is 5.20. The summed E-state index contributed by atoms with van der Waals surface area (Å²) in [4.78, 5) is 0. The zero-order valence-electron chi connectivity index (χ0n) is 17.4. The molecule has 0 aromatic heterocycles. The van der Waals surface area contributed by atoms with Gasteiger partial charge in [-0.05, 0) is 38.5 Å². The van der Waals surface area contributed by atoms with Crippen LogP contribution in [0.4, 0.5) is 0 Å². The van der Waals surface area contributed by atoms with Crippen molar-refractivity contribution in [1.29, 1.82) is 0 Å². The molecule has 10 atom stereocenters. The Morgan fingerprint density at radius 3 is 2.48 bits per heavy atom. The lowest BCUT2D eigenvalue weighted by molar-refractivity contribution is -0.328. The molecule has 0 aromatic carbocycles. The van der Waals surface area contributed by atoms with Crippen LogP contribution in [0.5, 0.6) is 0 Å². The van der Waals surface area contributed by atoms with Gasteiger partial charge in [0.25, 0.3) is 0 Å². The maximum Gasteiger partial charge on any atom is 0.186 e. The summed E-state index contributed by atoms with van der Waals surface area (Å²) in [5.74, 6) is -0.0743. The minimum atomic E-state index is -1.48. The second-order valence-electron chi connectivity index (χ2n) is 9.55. The molecule has 1 saturated carbocycles. The fourth-order valence-corrected chi connectivity index (χ4v) is 5.34. The average Bonchev–Trinajstić information content (AvgIpc) is 2.69. The third-order valence-electron chi connectivity index (χ3n) is 7.49. The van der Waals surface area contributed by atoms with Crippen LogP contribution in [0.2, 0.25) is 0 Å². The number of aliphatic hydroxyl groups excluding tert-OH is 5. The van der Waals surface area contributed by atoms with E-state index in [9.17, 15) is 30.6 Å². The van der Waals surface area contributed by atoms with E-state index in [1.807, 2.05) is 13.8 Å². The van der Waals surface area contributed by atoms with E-state index in [0.29, 0.717) is 25.7 Å². The number of ether oxygens (including phenoxy) is 2. The summed E-state index contributed by atoms with van der Waals surface area (Å²) in [7, 11) is 0. The summed E-state index contributed by atoms with van der Waals surface area (Å²) in [5.41, 5.74) is -0.193. The summed E-state index contributed by atoms with van der Waals surface area (Å²) in [5, 5.41) is 60.4. The van der Waals surface area contributed by atoms with E-state index in [1.165, 1.54) is 0 Å². The Kier molecular flexibility index (Phi) is 6.78. The third kappa shape index (κ3) is 4.14. The van der Waals surface area contributed by atoms with Gasteiger partial charge in [0, 0.05) is 17.9 Å². The molecule has 1 saturated heterocycles. The Hall–Kier alpha value is -0.580. The smallest absolute Gasteiger partial charge is 0.186 e. The summed E-state index contributed by atoms with van der Waals surface area (Å²) < 4.78 is 11.7. The molecule has 8 nitrogen and oxygen atoms in total. The number of hydrogen-bond acceptors (Lipinski definition) is 8. The number of hydrogen-bond donors (Lipinski definition) is 6. The minimum absolute atomic E-state index is 0.0297. The second-order valence-corrected chi connectivity index (χ2v) is 9.55.